The lowest BCUT2D eigenvalue weighted by Crippen LogP contribution is -2.51. The van der Waals surface area contributed by atoms with Crippen molar-refractivity contribution in [3.8, 4) is 35.9 Å². The Bertz CT molecular complexity index is 1750. The number of fused-ring (bicyclic) bond motifs is 4. The molecule has 3 aliphatic heterocycles. The molecule has 1 saturated carbocycles. The molecule has 0 radical (unpaired) electrons. The van der Waals surface area contributed by atoms with E-state index in [0.29, 0.717) is 47.1 Å². The third kappa shape index (κ3) is 4.69. The summed E-state index contributed by atoms with van der Waals surface area (Å²) in [5.74, 6) is 2.94. The molecule has 10 nitrogen and oxygen atoms in total. The molecule has 2 aromatic carbocycles. The summed E-state index contributed by atoms with van der Waals surface area (Å²) in [6, 6.07) is 7.71. The Morgan fingerprint density at radius 3 is 2.60 bits per heavy atom. The number of halogens is 1. The molecule has 222 valence electrons. The Labute approximate surface area is 248 Å². The Hall–Kier alpha value is -4.14. The first-order chi connectivity index (χ1) is 21.0. The molecule has 43 heavy (non-hydrogen) atoms. The molecule has 11 heteroatoms. The highest BCUT2D eigenvalue weighted by molar-refractivity contribution is 5.95. The molecule has 3 N–H and O–H groups in total. The predicted octanol–water partition coefficient (Wildman–Crippen LogP) is 4.39. The topological polar surface area (TPSA) is 110 Å². The van der Waals surface area contributed by atoms with Gasteiger partial charge in [-0.1, -0.05) is 12.0 Å². The van der Waals surface area contributed by atoms with Gasteiger partial charge in [-0.05, 0) is 69.0 Å². The zero-order chi connectivity index (χ0) is 29.1. The van der Waals surface area contributed by atoms with E-state index in [2.05, 4.69) is 26.0 Å². The second-order valence-electron chi connectivity index (χ2n) is 12.2. The number of hydrogen-bond donors (Lipinski definition) is 3. The van der Waals surface area contributed by atoms with Crippen LogP contribution in [0.3, 0.4) is 0 Å². The molecular formula is C32H34FN7O3. The molecule has 0 amide bonds. The number of terminal acetylenes is 1. The molecule has 3 atom stereocenters. The number of anilines is 1. The fourth-order valence-electron chi connectivity index (χ4n) is 7.04. The number of aromatic nitrogens is 4. The SMILES string of the molecule is C#Cc1c(F)ccc2cc(O)cc(Oc3nc4nc(OC[C@@H]5CCCN5)nc(N5CC6CCC(C5)N6)c4n3C3CCC3)c12. The maximum Gasteiger partial charge on any atom is 0.320 e. The average molecular weight is 584 g/mol. The van der Waals surface area contributed by atoms with Crippen molar-refractivity contribution in [2.45, 2.75) is 69.1 Å². The Morgan fingerprint density at radius 1 is 1.05 bits per heavy atom. The minimum absolute atomic E-state index is 0.0173. The van der Waals surface area contributed by atoms with Gasteiger partial charge in [-0.3, -0.25) is 4.57 Å². The van der Waals surface area contributed by atoms with Gasteiger partial charge >= 0.3 is 12.0 Å². The van der Waals surface area contributed by atoms with E-state index in [1.807, 2.05) is 0 Å². The Balaban J connectivity index is 1.27. The van der Waals surface area contributed by atoms with Gasteiger partial charge in [-0.2, -0.15) is 15.0 Å². The van der Waals surface area contributed by atoms with Crippen LogP contribution >= 0.6 is 0 Å². The third-order valence-corrected chi connectivity index (χ3v) is 9.37. The summed E-state index contributed by atoms with van der Waals surface area (Å²) in [7, 11) is 0. The first-order valence-corrected chi connectivity index (χ1v) is 15.3. The van der Waals surface area contributed by atoms with Crippen molar-refractivity contribution in [1.82, 2.24) is 30.2 Å². The van der Waals surface area contributed by atoms with E-state index in [1.165, 1.54) is 12.1 Å². The molecule has 8 rings (SSSR count). The minimum Gasteiger partial charge on any atom is -0.508 e. The monoisotopic (exact) mass is 583 g/mol. The van der Waals surface area contributed by atoms with Crippen LogP contribution in [0.25, 0.3) is 21.9 Å². The van der Waals surface area contributed by atoms with Gasteiger partial charge < -0.3 is 30.1 Å². The minimum atomic E-state index is -0.530. The summed E-state index contributed by atoms with van der Waals surface area (Å²) < 4.78 is 29.6. The van der Waals surface area contributed by atoms with Crippen LogP contribution in [-0.2, 0) is 0 Å². The molecule has 1 aliphatic carbocycles. The number of hydrogen-bond acceptors (Lipinski definition) is 9. The van der Waals surface area contributed by atoms with E-state index >= 15 is 0 Å². The summed E-state index contributed by atoms with van der Waals surface area (Å²) >= 11 is 0. The molecular weight excluding hydrogens is 549 g/mol. The highest BCUT2D eigenvalue weighted by Gasteiger charge is 2.36. The smallest absolute Gasteiger partial charge is 0.320 e. The van der Waals surface area contributed by atoms with Gasteiger partial charge in [0.1, 0.15) is 29.4 Å². The average Bonchev–Trinajstić information content (AvgIpc) is 3.70. The van der Waals surface area contributed by atoms with Gasteiger partial charge in [0.25, 0.3) is 0 Å². The summed E-state index contributed by atoms with van der Waals surface area (Å²) in [6.45, 7) is 3.14. The van der Waals surface area contributed by atoms with Crippen molar-refractivity contribution in [3.63, 3.8) is 0 Å². The van der Waals surface area contributed by atoms with E-state index < -0.39 is 5.82 Å². The molecule has 2 bridgehead atoms. The number of ether oxygens (including phenoxy) is 2. The highest BCUT2D eigenvalue weighted by Crippen LogP contribution is 2.44. The van der Waals surface area contributed by atoms with Crippen molar-refractivity contribution < 1.29 is 19.0 Å². The lowest BCUT2D eigenvalue weighted by molar-refractivity contribution is 0.257. The number of imidazole rings is 1. The number of nitrogens with zero attached hydrogens (tertiary/aromatic N) is 5. The molecule has 5 heterocycles. The van der Waals surface area contributed by atoms with Crippen LogP contribution in [-0.4, -0.2) is 69.0 Å². The molecule has 4 aliphatic rings. The van der Waals surface area contributed by atoms with Gasteiger partial charge in [-0.25, -0.2) is 4.39 Å². The van der Waals surface area contributed by atoms with Gasteiger partial charge in [0.15, 0.2) is 11.5 Å². The fraction of sp³-hybridized carbons (Fsp3) is 0.469. The quantitative estimate of drug-likeness (QED) is 0.273. The van der Waals surface area contributed by atoms with Gasteiger partial charge in [-0.15, -0.1) is 6.42 Å². The maximum absolute atomic E-state index is 14.8. The van der Waals surface area contributed by atoms with Crippen molar-refractivity contribution in [2.75, 3.05) is 31.1 Å². The Kier molecular flexibility index (Phi) is 6.49. The van der Waals surface area contributed by atoms with Crippen LogP contribution in [0.2, 0.25) is 0 Å². The number of piperazine rings is 1. The molecule has 3 saturated heterocycles. The number of rotatable bonds is 7. The number of benzene rings is 2. The van der Waals surface area contributed by atoms with E-state index in [4.69, 9.17) is 30.8 Å². The first-order valence-electron chi connectivity index (χ1n) is 15.3. The zero-order valence-electron chi connectivity index (χ0n) is 23.9. The van der Waals surface area contributed by atoms with Crippen molar-refractivity contribution in [3.05, 3.63) is 35.6 Å². The van der Waals surface area contributed by atoms with E-state index in [1.54, 1.807) is 12.1 Å². The molecule has 4 fully saturated rings. The van der Waals surface area contributed by atoms with Crippen LogP contribution in [0.15, 0.2) is 24.3 Å². The van der Waals surface area contributed by atoms with Crippen LogP contribution in [0.1, 0.15) is 56.6 Å². The summed E-state index contributed by atoms with van der Waals surface area (Å²) in [5, 5.41) is 18.7. The van der Waals surface area contributed by atoms with Gasteiger partial charge in [0, 0.05) is 48.7 Å². The molecule has 2 unspecified atom stereocenters. The number of nitrogens with one attached hydrogen (secondary N) is 2. The van der Waals surface area contributed by atoms with E-state index in [0.717, 1.165) is 75.9 Å². The normalized spacial score (nSPS) is 23.5. The van der Waals surface area contributed by atoms with Crippen molar-refractivity contribution in [1.29, 1.82) is 0 Å². The maximum atomic E-state index is 14.8. The molecule has 0 spiro atoms. The fourth-order valence-corrected chi connectivity index (χ4v) is 7.04. The second-order valence-corrected chi connectivity index (χ2v) is 12.2. The van der Waals surface area contributed by atoms with Crippen LogP contribution in [0.5, 0.6) is 23.5 Å². The van der Waals surface area contributed by atoms with Crippen molar-refractivity contribution >= 4 is 27.8 Å². The second kappa shape index (κ2) is 10.5. The van der Waals surface area contributed by atoms with Crippen molar-refractivity contribution in [2.24, 2.45) is 0 Å². The number of phenols is 1. The summed E-state index contributed by atoms with van der Waals surface area (Å²) in [6.07, 6.45) is 13.2. The molecule has 4 aromatic rings. The van der Waals surface area contributed by atoms with Gasteiger partial charge in [0.05, 0.1) is 5.56 Å². The summed E-state index contributed by atoms with van der Waals surface area (Å²) in [4.78, 5) is 17.0. The predicted molar refractivity (Wildman–Crippen MR) is 160 cm³/mol. The Morgan fingerprint density at radius 2 is 1.88 bits per heavy atom. The van der Waals surface area contributed by atoms with Crippen LogP contribution < -0.4 is 25.0 Å². The van der Waals surface area contributed by atoms with E-state index in [9.17, 15) is 9.50 Å². The third-order valence-electron chi connectivity index (χ3n) is 9.37. The number of phenolic OH excluding ortho intramolecular Hbond substituents is 1. The lowest BCUT2D eigenvalue weighted by atomic mass is 9.93. The van der Waals surface area contributed by atoms with E-state index in [-0.39, 0.29) is 29.1 Å². The first kappa shape index (κ1) is 26.5. The number of aromatic hydroxyl groups is 1. The largest absolute Gasteiger partial charge is 0.508 e. The highest BCUT2D eigenvalue weighted by atomic mass is 19.1. The van der Waals surface area contributed by atoms with Crippen LogP contribution in [0.4, 0.5) is 10.2 Å². The van der Waals surface area contributed by atoms with Crippen LogP contribution in [0, 0.1) is 18.2 Å². The molecule has 2 aromatic heterocycles. The lowest BCUT2D eigenvalue weighted by Gasteiger charge is -2.35. The summed E-state index contributed by atoms with van der Waals surface area (Å²) in [5.41, 5.74) is 1.37. The van der Waals surface area contributed by atoms with Gasteiger partial charge in [0.2, 0.25) is 0 Å². The standard InChI is InChI=1S/C32H34FN7O3/c1-2-24-25(33)11-8-18-13-23(41)14-26(27(18)24)43-32-37-29-28(40(32)22-6-3-7-22)30(39-15-19-9-10-20(16-39)35-19)38-31(36-29)42-17-21-5-4-12-34-21/h1,8,11,13-14,19-22,34-35,41H,3-7,9-10,12,15-17H2/t19?,20?,21-/m0/s1. The zero-order valence-corrected chi connectivity index (χ0v) is 23.9.